The van der Waals surface area contributed by atoms with E-state index in [9.17, 15) is 4.79 Å². The minimum atomic E-state index is -0.536. The Morgan fingerprint density at radius 2 is 2.00 bits per heavy atom. The highest BCUT2D eigenvalue weighted by Gasteiger charge is 2.18. The third-order valence-electron chi connectivity index (χ3n) is 3.02. The lowest BCUT2D eigenvalue weighted by Crippen LogP contribution is -2.32. The maximum atomic E-state index is 12.3. The van der Waals surface area contributed by atoms with Crippen molar-refractivity contribution >= 4 is 23.2 Å². The van der Waals surface area contributed by atoms with E-state index in [2.05, 4.69) is 5.32 Å². The molecule has 0 spiro atoms. The van der Waals surface area contributed by atoms with E-state index in [0.29, 0.717) is 22.9 Å². The predicted octanol–water partition coefficient (Wildman–Crippen LogP) is 4.44. The summed E-state index contributed by atoms with van der Waals surface area (Å²) >= 11 is 5.91. The molecule has 0 heterocycles. The maximum absolute atomic E-state index is 12.3. The minimum absolute atomic E-state index is 0.179. The highest BCUT2D eigenvalue weighted by Crippen LogP contribution is 2.18. The topological polar surface area (TPSA) is 38.3 Å². The Labute approximate surface area is 129 Å². The van der Waals surface area contributed by atoms with Crippen LogP contribution in [0.1, 0.15) is 18.9 Å². The summed E-state index contributed by atoms with van der Waals surface area (Å²) in [7, 11) is 0. The van der Waals surface area contributed by atoms with Gasteiger partial charge in [-0.25, -0.2) is 0 Å². The second-order valence-corrected chi connectivity index (χ2v) is 5.27. The third kappa shape index (κ3) is 4.50. The van der Waals surface area contributed by atoms with Crippen LogP contribution in [0, 0.1) is 6.92 Å². The lowest BCUT2D eigenvalue weighted by molar-refractivity contribution is -0.122. The summed E-state index contributed by atoms with van der Waals surface area (Å²) in [4.78, 5) is 12.3. The molecule has 0 aliphatic rings. The lowest BCUT2D eigenvalue weighted by Gasteiger charge is -2.17. The van der Waals surface area contributed by atoms with Crippen LogP contribution in [0.5, 0.6) is 5.75 Å². The van der Waals surface area contributed by atoms with Crippen molar-refractivity contribution in [3.63, 3.8) is 0 Å². The van der Waals surface area contributed by atoms with E-state index in [1.807, 2.05) is 38.1 Å². The number of carbonyl (C=O) groups is 1. The SMILES string of the molecule is CC[C@H](Oc1cccc(C)c1)C(=O)Nc1cccc(Cl)c1. The molecule has 0 bridgehead atoms. The molecule has 0 aliphatic carbocycles. The van der Waals surface area contributed by atoms with Crippen molar-refractivity contribution in [1.29, 1.82) is 0 Å². The van der Waals surface area contributed by atoms with Crippen molar-refractivity contribution in [1.82, 2.24) is 0 Å². The molecule has 0 aromatic heterocycles. The maximum Gasteiger partial charge on any atom is 0.265 e. The summed E-state index contributed by atoms with van der Waals surface area (Å²) in [6, 6.07) is 14.7. The van der Waals surface area contributed by atoms with Crippen LogP contribution in [0.4, 0.5) is 5.69 Å². The van der Waals surface area contributed by atoms with E-state index in [0.717, 1.165) is 5.56 Å². The van der Waals surface area contributed by atoms with Gasteiger partial charge in [0.2, 0.25) is 0 Å². The van der Waals surface area contributed by atoms with Crippen LogP contribution in [0.15, 0.2) is 48.5 Å². The average molecular weight is 304 g/mol. The number of ether oxygens (including phenoxy) is 1. The molecular weight excluding hydrogens is 286 g/mol. The highest BCUT2D eigenvalue weighted by molar-refractivity contribution is 6.30. The van der Waals surface area contributed by atoms with Crippen molar-refractivity contribution in [2.45, 2.75) is 26.4 Å². The molecule has 0 radical (unpaired) electrons. The lowest BCUT2D eigenvalue weighted by atomic mass is 10.2. The first-order valence-corrected chi connectivity index (χ1v) is 7.26. The number of halogens is 1. The van der Waals surface area contributed by atoms with Gasteiger partial charge >= 0.3 is 0 Å². The zero-order chi connectivity index (χ0) is 15.2. The zero-order valence-corrected chi connectivity index (χ0v) is 12.9. The van der Waals surface area contributed by atoms with Gasteiger partial charge < -0.3 is 10.1 Å². The molecule has 0 saturated carbocycles. The van der Waals surface area contributed by atoms with Gasteiger partial charge in [-0.15, -0.1) is 0 Å². The Morgan fingerprint density at radius 1 is 1.24 bits per heavy atom. The van der Waals surface area contributed by atoms with Gasteiger partial charge in [-0.05, 0) is 49.2 Å². The Bertz CT molecular complexity index is 628. The molecular formula is C17H18ClNO2. The van der Waals surface area contributed by atoms with Crippen LogP contribution >= 0.6 is 11.6 Å². The van der Waals surface area contributed by atoms with Crippen LogP contribution in [0.3, 0.4) is 0 Å². The standard InChI is InChI=1S/C17H18ClNO2/c1-3-16(21-15-9-4-6-12(2)10-15)17(20)19-14-8-5-7-13(18)11-14/h4-11,16H,3H2,1-2H3,(H,19,20)/t16-/m0/s1. The van der Waals surface area contributed by atoms with E-state index in [1.54, 1.807) is 24.3 Å². The van der Waals surface area contributed by atoms with Crippen molar-refractivity contribution < 1.29 is 9.53 Å². The number of rotatable bonds is 5. The number of carbonyl (C=O) groups excluding carboxylic acids is 1. The molecule has 1 atom stereocenters. The number of anilines is 1. The fourth-order valence-electron chi connectivity index (χ4n) is 1.96. The Morgan fingerprint density at radius 3 is 2.67 bits per heavy atom. The minimum Gasteiger partial charge on any atom is -0.481 e. The number of aryl methyl sites for hydroxylation is 1. The Kier molecular flexibility index (Phi) is 5.23. The molecule has 21 heavy (non-hydrogen) atoms. The molecule has 2 aromatic rings. The fraction of sp³-hybridized carbons (Fsp3) is 0.235. The summed E-state index contributed by atoms with van der Waals surface area (Å²) < 4.78 is 5.76. The molecule has 2 aromatic carbocycles. The van der Waals surface area contributed by atoms with Gasteiger partial charge in [0.25, 0.3) is 5.91 Å². The number of nitrogens with one attached hydrogen (secondary N) is 1. The van der Waals surface area contributed by atoms with E-state index in [-0.39, 0.29) is 5.91 Å². The van der Waals surface area contributed by atoms with Gasteiger partial charge in [-0.3, -0.25) is 4.79 Å². The van der Waals surface area contributed by atoms with Crippen LogP contribution in [0.2, 0.25) is 5.02 Å². The smallest absolute Gasteiger partial charge is 0.265 e. The monoisotopic (exact) mass is 303 g/mol. The van der Waals surface area contributed by atoms with Crippen molar-refractivity contribution in [2.24, 2.45) is 0 Å². The zero-order valence-electron chi connectivity index (χ0n) is 12.1. The molecule has 110 valence electrons. The van der Waals surface area contributed by atoms with Gasteiger partial charge in [0, 0.05) is 10.7 Å². The summed E-state index contributed by atoms with van der Waals surface area (Å²) in [6.45, 7) is 3.90. The van der Waals surface area contributed by atoms with Gasteiger partial charge in [-0.1, -0.05) is 36.7 Å². The molecule has 2 rings (SSSR count). The predicted molar refractivity (Wildman–Crippen MR) is 86.0 cm³/mol. The van der Waals surface area contributed by atoms with Crippen LogP contribution in [-0.4, -0.2) is 12.0 Å². The van der Waals surface area contributed by atoms with Crippen LogP contribution < -0.4 is 10.1 Å². The largest absolute Gasteiger partial charge is 0.481 e. The van der Waals surface area contributed by atoms with Gasteiger partial charge in [0.05, 0.1) is 0 Å². The first kappa shape index (κ1) is 15.4. The van der Waals surface area contributed by atoms with Crippen LogP contribution in [0.25, 0.3) is 0 Å². The first-order chi connectivity index (χ1) is 10.1. The molecule has 3 nitrogen and oxygen atoms in total. The molecule has 1 N–H and O–H groups in total. The van der Waals surface area contributed by atoms with E-state index in [4.69, 9.17) is 16.3 Å². The average Bonchev–Trinajstić information content (AvgIpc) is 2.44. The number of hydrogen-bond acceptors (Lipinski definition) is 2. The molecule has 0 fully saturated rings. The summed E-state index contributed by atoms with van der Waals surface area (Å²) in [5.41, 5.74) is 1.76. The first-order valence-electron chi connectivity index (χ1n) is 6.88. The molecule has 1 amide bonds. The van der Waals surface area contributed by atoms with Gasteiger partial charge in [-0.2, -0.15) is 0 Å². The van der Waals surface area contributed by atoms with Gasteiger partial charge in [0.15, 0.2) is 6.10 Å². The van der Waals surface area contributed by atoms with Crippen molar-refractivity contribution in [3.8, 4) is 5.75 Å². The Hall–Kier alpha value is -2.00. The number of hydrogen-bond donors (Lipinski definition) is 1. The summed E-state index contributed by atoms with van der Waals surface area (Å²) in [6.07, 6.45) is 0.0474. The van der Waals surface area contributed by atoms with Crippen molar-refractivity contribution in [2.75, 3.05) is 5.32 Å². The van der Waals surface area contributed by atoms with E-state index < -0.39 is 6.10 Å². The Balaban J connectivity index is 2.05. The van der Waals surface area contributed by atoms with E-state index >= 15 is 0 Å². The normalized spacial score (nSPS) is 11.8. The molecule has 4 heteroatoms. The molecule has 0 saturated heterocycles. The second kappa shape index (κ2) is 7.14. The number of benzene rings is 2. The van der Waals surface area contributed by atoms with E-state index in [1.165, 1.54) is 0 Å². The number of amides is 1. The summed E-state index contributed by atoms with van der Waals surface area (Å²) in [5.74, 6) is 0.518. The molecule has 0 unspecified atom stereocenters. The highest BCUT2D eigenvalue weighted by atomic mass is 35.5. The quantitative estimate of drug-likeness (QED) is 0.886. The second-order valence-electron chi connectivity index (χ2n) is 4.83. The molecule has 0 aliphatic heterocycles. The van der Waals surface area contributed by atoms with Crippen LogP contribution in [-0.2, 0) is 4.79 Å². The van der Waals surface area contributed by atoms with Crippen molar-refractivity contribution in [3.05, 3.63) is 59.1 Å². The fourth-order valence-corrected chi connectivity index (χ4v) is 2.15. The van der Waals surface area contributed by atoms with Gasteiger partial charge in [0.1, 0.15) is 5.75 Å². The third-order valence-corrected chi connectivity index (χ3v) is 3.26. The summed E-state index contributed by atoms with van der Waals surface area (Å²) in [5, 5.41) is 3.40.